The Kier molecular flexibility index (Phi) is 8.81. The number of rotatable bonds is 7. The standard InChI is InChI=1S/C19H25N3OS.HI/c23-19(7-6-17-4-2-1-3-5-17)22(18-8-14-24-15-9-18)13-12-21-11-10-20-16-21;/h1-5,10-11,16,18H,6-9,12-15H2;1H. The smallest absolute Gasteiger partial charge is 0.223 e. The number of aromatic nitrogens is 2. The third-order valence-electron chi connectivity index (χ3n) is 4.58. The zero-order chi connectivity index (χ0) is 16.6. The average molecular weight is 471 g/mol. The van der Waals surface area contributed by atoms with Gasteiger partial charge in [-0.3, -0.25) is 4.79 Å². The summed E-state index contributed by atoms with van der Waals surface area (Å²) in [7, 11) is 0. The van der Waals surface area contributed by atoms with Crippen LogP contribution in [-0.2, 0) is 17.8 Å². The molecule has 0 saturated carbocycles. The fraction of sp³-hybridized carbons (Fsp3) is 0.474. The molecule has 2 aromatic rings. The molecule has 0 unspecified atom stereocenters. The quantitative estimate of drug-likeness (QED) is 0.576. The Morgan fingerprint density at radius 2 is 2.00 bits per heavy atom. The van der Waals surface area contributed by atoms with E-state index in [-0.39, 0.29) is 29.9 Å². The largest absolute Gasteiger partial charge is 0.338 e. The van der Waals surface area contributed by atoms with Crippen molar-refractivity contribution in [3.05, 3.63) is 54.6 Å². The third-order valence-corrected chi connectivity index (χ3v) is 5.63. The minimum atomic E-state index is 0. The molecule has 3 rings (SSSR count). The van der Waals surface area contributed by atoms with Crippen LogP contribution in [0.4, 0.5) is 0 Å². The van der Waals surface area contributed by atoms with E-state index in [1.807, 2.05) is 42.5 Å². The first-order valence-corrected chi connectivity index (χ1v) is 9.85. The van der Waals surface area contributed by atoms with Gasteiger partial charge in [0.05, 0.1) is 6.33 Å². The Labute approximate surface area is 171 Å². The molecule has 2 heterocycles. The number of imidazole rings is 1. The second-order valence-electron chi connectivity index (χ2n) is 6.22. The maximum absolute atomic E-state index is 12.9. The normalized spacial score (nSPS) is 14.7. The third kappa shape index (κ3) is 6.33. The molecule has 0 aliphatic carbocycles. The first kappa shape index (κ1) is 20.3. The number of nitrogens with zero attached hydrogens (tertiary/aromatic N) is 3. The van der Waals surface area contributed by atoms with Gasteiger partial charge in [0.2, 0.25) is 5.91 Å². The number of amides is 1. The molecular weight excluding hydrogens is 445 g/mol. The van der Waals surface area contributed by atoms with Crippen molar-refractivity contribution in [2.45, 2.75) is 38.3 Å². The first-order valence-electron chi connectivity index (χ1n) is 8.70. The molecule has 1 amide bonds. The number of aryl methyl sites for hydroxylation is 1. The second-order valence-corrected chi connectivity index (χ2v) is 7.44. The number of carbonyl (C=O) groups excluding carboxylic acids is 1. The van der Waals surface area contributed by atoms with Gasteiger partial charge in [-0.05, 0) is 36.3 Å². The van der Waals surface area contributed by atoms with Crippen molar-refractivity contribution in [1.82, 2.24) is 14.5 Å². The van der Waals surface area contributed by atoms with E-state index in [0.29, 0.717) is 12.5 Å². The van der Waals surface area contributed by atoms with Crippen molar-refractivity contribution in [1.29, 1.82) is 0 Å². The summed E-state index contributed by atoms with van der Waals surface area (Å²) < 4.78 is 2.05. The van der Waals surface area contributed by atoms with Gasteiger partial charge in [0.25, 0.3) is 0 Å². The molecule has 4 nitrogen and oxygen atoms in total. The predicted octanol–water partition coefficient (Wildman–Crippen LogP) is 3.86. The number of halogens is 1. The van der Waals surface area contributed by atoms with Crippen LogP contribution < -0.4 is 0 Å². The molecule has 1 aromatic heterocycles. The summed E-state index contributed by atoms with van der Waals surface area (Å²) in [5.74, 6) is 2.62. The summed E-state index contributed by atoms with van der Waals surface area (Å²) in [6, 6.07) is 10.7. The summed E-state index contributed by atoms with van der Waals surface area (Å²) in [5, 5.41) is 0. The lowest BCUT2D eigenvalue weighted by atomic mass is 10.1. The van der Waals surface area contributed by atoms with Crippen LogP contribution in [0, 0.1) is 0 Å². The highest BCUT2D eigenvalue weighted by atomic mass is 127. The number of thioether (sulfide) groups is 1. The number of carbonyl (C=O) groups is 1. The lowest BCUT2D eigenvalue weighted by Crippen LogP contribution is -2.44. The molecule has 0 spiro atoms. The van der Waals surface area contributed by atoms with Gasteiger partial charge >= 0.3 is 0 Å². The van der Waals surface area contributed by atoms with Crippen molar-refractivity contribution in [2.24, 2.45) is 0 Å². The van der Waals surface area contributed by atoms with Crippen LogP contribution in [0.25, 0.3) is 0 Å². The van der Waals surface area contributed by atoms with Gasteiger partial charge in [0.15, 0.2) is 0 Å². The molecule has 1 fully saturated rings. The van der Waals surface area contributed by atoms with E-state index in [9.17, 15) is 4.79 Å². The van der Waals surface area contributed by atoms with Gasteiger partial charge < -0.3 is 9.47 Å². The summed E-state index contributed by atoms with van der Waals surface area (Å²) >= 11 is 2.00. The predicted molar refractivity (Wildman–Crippen MR) is 114 cm³/mol. The summed E-state index contributed by atoms with van der Waals surface area (Å²) in [6.07, 6.45) is 9.23. The van der Waals surface area contributed by atoms with Gasteiger partial charge in [-0.15, -0.1) is 24.0 Å². The van der Waals surface area contributed by atoms with E-state index in [2.05, 4.69) is 26.6 Å². The summed E-state index contributed by atoms with van der Waals surface area (Å²) in [4.78, 5) is 19.1. The zero-order valence-corrected chi connectivity index (χ0v) is 17.6. The Bertz CT molecular complexity index is 615. The minimum Gasteiger partial charge on any atom is -0.338 e. The molecular formula is C19H26IN3OS. The van der Waals surface area contributed by atoms with Crippen molar-refractivity contribution in [3.63, 3.8) is 0 Å². The molecule has 1 aromatic carbocycles. The SMILES string of the molecule is I.O=C(CCc1ccccc1)N(CCn1ccnc1)C1CCSCC1. The molecule has 1 aliphatic rings. The number of benzene rings is 1. The Morgan fingerprint density at radius 1 is 1.24 bits per heavy atom. The Balaban J connectivity index is 0.00000225. The van der Waals surface area contributed by atoms with Crippen LogP contribution >= 0.6 is 35.7 Å². The van der Waals surface area contributed by atoms with Crippen molar-refractivity contribution >= 4 is 41.6 Å². The van der Waals surface area contributed by atoms with E-state index in [4.69, 9.17) is 0 Å². The highest BCUT2D eigenvalue weighted by molar-refractivity contribution is 14.0. The maximum atomic E-state index is 12.9. The fourth-order valence-corrected chi connectivity index (χ4v) is 4.27. The molecule has 0 radical (unpaired) electrons. The van der Waals surface area contributed by atoms with Gasteiger partial charge in [0.1, 0.15) is 0 Å². The van der Waals surface area contributed by atoms with Gasteiger partial charge in [-0.1, -0.05) is 30.3 Å². The molecule has 25 heavy (non-hydrogen) atoms. The fourth-order valence-electron chi connectivity index (χ4n) is 3.19. The molecule has 0 bridgehead atoms. The van der Waals surface area contributed by atoms with Gasteiger partial charge in [-0.25, -0.2) is 4.98 Å². The van der Waals surface area contributed by atoms with Crippen LogP contribution in [0.2, 0.25) is 0 Å². The average Bonchev–Trinajstić information content (AvgIpc) is 3.15. The lowest BCUT2D eigenvalue weighted by Gasteiger charge is -2.34. The van der Waals surface area contributed by atoms with E-state index in [0.717, 1.165) is 43.9 Å². The monoisotopic (exact) mass is 471 g/mol. The first-order chi connectivity index (χ1) is 11.8. The second kappa shape index (κ2) is 10.9. The highest BCUT2D eigenvalue weighted by Gasteiger charge is 2.25. The zero-order valence-electron chi connectivity index (χ0n) is 14.4. The maximum Gasteiger partial charge on any atom is 0.223 e. The molecule has 136 valence electrons. The van der Waals surface area contributed by atoms with Crippen LogP contribution in [0.15, 0.2) is 49.1 Å². The van der Waals surface area contributed by atoms with Gasteiger partial charge in [-0.2, -0.15) is 11.8 Å². The van der Waals surface area contributed by atoms with E-state index < -0.39 is 0 Å². The lowest BCUT2D eigenvalue weighted by molar-refractivity contribution is -0.133. The number of hydrogen-bond donors (Lipinski definition) is 0. The molecule has 0 atom stereocenters. The molecule has 1 saturated heterocycles. The van der Waals surface area contributed by atoms with Gasteiger partial charge in [0, 0.05) is 37.9 Å². The Hall–Kier alpha value is -1.02. The summed E-state index contributed by atoms with van der Waals surface area (Å²) in [5.41, 5.74) is 1.24. The van der Waals surface area contributed by atoms with Crippen LogP contribution in [0.1, 0.15) is 24.8 Å². The molecule has 1 aliphatic heterocycles. The molecule has 0 N–H and O–H groups in total. The molecule has 6 heteroatoms. The van der Waals surface area contributed by atoms with Crippen LogP contribution in [0.3, 0.4) is 0 Å². The van der Waals surface area contributed by atoms with Crippen molar-refractivity contribution < 1.29 is 4.79 Å². The van der Waals surface area contributed by atoms with Crippen molar-refractivity contribution in [3.8, 4) is 0 Å². The highest BCUT2D eigenvalue weighted by Crippen LogP contribution is 2.22. The van der Waals surface area contributed by atoms with E-state index >= 15 is 0 Å². The Morgan fingerprint density at radius 3 is 2.68 bits per heavy atom. The van der Waals surface area contributed by atoms with E-state index in [1.165, 1.54) is 5.56 Å². The number of hydrogen-bond acceptors (Lipinski definition) is 3. The minimum absolute atomic E-state index is 0. The van der Waals surface area contributed by atoms with Crippen LogP contribution in [0.5, 0.6) is 0 Å². The topological polar surface area (TPSA) is 38.1 Å². The van der Waals surface area contributed by atoms with Crippen molar-refractivity contribution in [2.75, 3.05) is 18.1 Å². The van der Waals surface area contributed by atoms with Crippen LogP contribution in [-0.4, -0.2) is 44.5 Å². The van der Waals surface area contributed by atoms with E-state index in [1.54, 1.807) is 6.20 Å². The summed E-state index contributed by atoms with van der Waals surface area (Å²) in [6.45, 7) is 1.60.